The Labute approximate surface area is 102 Å². The van der Waals surface area contributed by atoms with Crippen LogP contribution in [0.25, 0.3) is 0 Å². The smallest absolute Gasteiger partial charge is 0.307 e. The first-order valence-corrected chi connectivity index (χ1v) is 5.53. The third-order valence-corrected chi connectivity index (χ3v) is 2.61. The quantitative estimate of drug-likeness (QED) is 0.764. The van der Waals surface area contributed by atoms with Crippen LogP contribution in [0, 0.1) is 0 Å². The number of carbonyl (C=O) groups is 1. The molecule has 0 radical (unpaired) electrons. The van der Waals surface area contributed by atoms with Crippen molar-refractivity contribution in [2.45, 2.75) is 19.1 Å². The van der Waals surface area contributed by atoms with Crippen LogP contribution in [0.3, 0.4) is 0 Å². The number of carbonyl (C=O) groups excluding carboxylic acids is 1. The van der Waals surface area contributed by atoms with Crippen molar-refractivity contribution in [1.29, 1.82) is 0 Å². The van der Waals surface area contributed by atoms with Gasteiger partial charge in [-0.3, -0.25) is 4.79 Å². The van der Waals surface area contributed by atoms with Crippen molar-refractivity contribution in [2.24, 2.45) is 0 Å². The van der Waals surface area contributed by atoms with Crippen LogP contribution in [0.5, 0.6) is 0 Å². The van der Waals surface area contributed by atoms with Gasteiger partial charge >= 0.3 is 5.97 Å². The first kappa shape index (κ1) is 13.7. The fourth-order valence-electron chi connectivity index (χ4n) is 1.70. The van der Waals surface area contributed by atoms with E-state index >= 15 is 0 Å². The number of hydrogen-bond acceptors (Lipinski definition) is 4. The van der Waals surface area contributed by atoms with E-state index in [-0.39, 0.29) is 12.0 Å². The van der Waals surface area contributed by atoms with Crippen molar-refractivity contribution in [3.8, 4) is 0 Å². The largest absolute Gasteiger partial charge is 0.469 e. The molecule has 1 unspecified atom stereocenters. The van der Waals surface area contributed by atoms with Crippen LogP contribution in [0.2, 0.25) is 0 Å². The van der Waals surface area contributed by atoms with Gasteiger partial charge in [-0.1, -0.05) is 24.3 Å². The molecule has 0 saturated carbocycles. The molecule has 0 aliphatic rings. The Morgan fingerprint density at radius 2 is 2.18 bits per heavy atom. The number of esters is 1. The second kappa shape index (κ2) is 7.04. The lowest BCUT2D eigenvalue weighted by molar-refractivity contribution is -0.141. The van der Waals surface area contributed by atoms with E-state index in [9.17, 15) is 4.79 Å². The Balaban J connectivity index is 2.80. The molecular weight excluding hydrogens is 218 g/mol. The van der Waals surface area contributed by atoms with Crippen LogP contribution in [0.4, 0.5) is 0 Å². The first-order valence-electron chi connectivity index (χ1n) is 5.53. The number of hydrogen-bond donors (Lipinski definition) is 1. The number of benzene rings is 1. The van der Waals surface area contributed by atoms with Gasteiger partial charge in [0.05, 0.1) is 20.1 Å². The average Bonchev–Trinajstić information content (AvgIpc) is 2.36. The summed E-state index contributed by atoms with van der Waals surface area (Å²) >= 11 is 0. The SMILES string of the molecule is CNC(CC(=O)OC)c1cccc(COC)c1. The van der Waals surface area contributed by atoms with Crippen LogP contribution >= 0.6 is 0 Å². The molecule has 0 bridgehead atoms. The molecule has 17 heavy (non-hydrogen) atoms. The molecule has 0 amide bonds. The second-order valence-electron chi connectivity index (χ2n) is 3.80. The van der Waals surface area contributed by atoms with Gasteiger partial charge in [0, 0.05) is 13.2 Å². The van der Waals surface area contributed by atoms with Gasteiger partial charge in [-0.2, -0.15) is 0 Å². The van der Waals surface area contributed by atoms with Crippen molar-refractivity contribution in [3.05, 3.63) is 35.4 Å². The van der Waals surface area contributed by atoms with Gasteiger partial charge < -0.3 is 14.8 Å². The normalized spacial score (nSPS) is 12.2. The van der Waals surface area contributed by atoms with E-state index < -0.39 is 0 Å². The summed E-state index contributed by atoms with van der Waals surface area (Å²) < 4.78 is 9.76. The highest BCUT2D eigenvalue weighted by Crippen LogP contribution is 2.18. The molecule has 0 fully saturated rings. The number of ether oxygens (including phenoxy) is 2. The van der Waals surface area contributed by atoms with E-state index in [1.54, 1.807) is 7.11 Å². The van der Waals surface area contributed by atoms with Crippen molar-refractivity contribution < 1.29 is 14.3 Å². The van der Waals surface area contributed by atoms with E-state index in [1.165, 1.54) is 7.11 Å². The molecule has 1 aromatic rings. The molecule has 1 rings (SSSR count). The molecule has 1 atom stereocenters. The maximum absolute atomic E-state index is 11.3. The topological polar surface area (TPSA) is 47.6 Å². The van der Waals surface area contributed by atoms with E-state index in [1.807, 2.05) is 31.3 Å². The third-order valence-electron chi connectivity index (χ3n) is 2.61. The maximum Gasteiger partial charge on any atom is 0.307 e. The summed E-state index contributed by atoms with van der Waals surface area (Å²) in [7, 11) is 4.89. The molecule has 0 spiro atoms. The van der Waals surface area contributed by atoms with Crippen LogP contribution < -0.4 is 5.32 Å². The maximum atomic E-state index is 11.3. The zero-order valence-electron chi connectivity index (χ0n) is 10.5. The summed E-state index contributed by atoms with van der Waals surface area (Å²) in [4.78, 5) is 11.3. The molecular formula is C13H19NO3. The minimum absolute atomic E-state index is 0.0285. The molecule has 0 aliphatic carbocycles. The number of rotatable bonds is 6. The standard InChI is InChI=1S/C13H19NO3/c1-14-12(8-13(15)17-3)11-6-4-5-10(7-11)9-16-2/h4-7,12,14H,8-9H2,1-3H3. The summed E-state index contributed by atoms with van der Waals surface area (Å²) in [5, 5.41) is 3.11. The highest BCUT2D eigenvalue weighted by Gasteiger charge is 2.14. The summed E-state index contributed by atoms with van der Waals surface area (Å²) in [6, 6.07) is 7.96. The zero-order valence-corrected chi connectivity index (χ0v) is 10.5. The van der Waals surface area contributed by atoms with Gasteiger partial charge in [0.25, 0.3) is 0 Å². The Morgan fingerprint density at radius 1 is 1.41 bits per heavy atom. The van der Waals surface area contributed by atoms with E-state index in [0.29, 0.717) is 13.0 Å². The first-order chi connectivity index (χ1) is 8.21. The molecule has 0 aliphatic heterocycles. The lowest BCUT2D eigenvalue weighted by atomic mass is 10.0. The Kier molecular flexibility index (Phi) is 5.66. The van der Waals surface area contributed by atoms with Crippen LogP contribution in [0.1, 0.15) is 23.6 Å². The monoisotopic (exact) mass is 237 g/mol. The van der Waals surface area contributed by atoms with Gasteiger partial charge in [0.15, 0.2) is 0 Å². The lowest BCUT2D eigenvalue weighted by Crippen LogP contribution is -2.20. The highest BCUT2D eigenvalue weighted by molar-refractivity contribution is 5.70. The molecule has 0 saturated heterocycles. The molecule has 0 aromatic heterocycles. The molecule has 4 heteroatoms. The van der Waals surface area contributed by atoms with Crippen LogP contribution in [0.15, 0.2) is 24.3 Å². The molecule has 1 N–H and O–H groups in total. The van der Waals surface area contributed by atoms with Crippen molar-refractivity contribution >= 4 is 5.97 Å². The minimum atomic E-state index is -0.221. The van der Waals surface area contributed by atoms with Crippen LogP contribution in [-0.2, 0) is 20.9 Å². The van der Waals surface area contributed by atoms with Gasteiger partial charge in [-0.25, -0.2) is 0 Å². The van der Waals surface area contributed by atoms with Crippen molar-refractivity contribution in [3.63, 3.8) is 0 Å². The van der Waals surface area contributed by atoms with E-state index in [0.717, 1.165) is 11.1 Å². The second-order valence-corrected chi connectivity index (χ2v) is 3.80. The Bertz CT molecular complexity index is 365. The highest BCUT2D eigenvalue weighted by atomic mass is 16.5. The van der Waals surface area contributed by atoms with E-state index in [2.05, 4.69) is 10.1 Å². The molecule has 0 heterocycles. The number of methoxy groups -OCH3 is 2. The third kappa shape index (κ3) is 4.17. The van der Waals surface area contributed by atoms with Gasteiger partial charge in [0.2, 0.25) is 0 Å². The minimum Gasteiger partial charge on any atom is -0.469 e. The fourth-order valence-corrected chi connectivity index (χ4v) is 1.70. The molecule has 1 aromatic carbocycles. The summed E-state index contributed by atoms with van der Waals surface area (Å²) in [5.41, 5.74) is 2.16. The Morgan fingerprint density at radius 3 is 2.76 bits per heavy atom. The predicted octanol–water partition coefficient (Wildman–Crippen LogP) is 1.66. The number of nitrogens with one attached hydrogen (secondary N) is 1. The fraction of sp³-hybridized carbons (Fsp3) is 0.462. The summed E-state index contributed by atoms with van der Waals surface area (Å²) in [5.74, 6) is -0.221. The molecule has 94 valence electrons. The summed E-state index contributed by atoms with van der Waals surface area (Å²) in [6.07, 6.45) is 0.323. The van der Waals surface area contributed by atoms with Crippen molar-refractivity contribution in [2.75, 3.05) is 21.3 Å². The molecule has 4 nitrogen and oxygen atoms in total. The average molecular weight is 237 g/mol. The summed E-state index contributed by atoms with van der Waals surface area (Å²) in [6.45, 7) is 0.572. The van der Waals surface area contributed by atoms with Crippen LogP contribution in [-0.4, -0.2) is 27.2 Å². The van der Waals surface area contributed by atoms with Gasteiger partial charge in [-0.15, -0.1) is 0 Å². The predicted molar refractivity (Wildman–Crippen MR) is 65.6 cm³/mol. The zero-order chi connectivity index (χ0) is 12.7. The van der Waals surface area contributed by atoms with Gasteiger partial charge in [-0.05, 0) is 18.2 Å². The van der Waals surface area contributed by atoms with Crippen molar-refractivity contribution in [1.82, 2.24) is 5.32 Å². The lowest BCUT2D eigenvalue weighted by Gasteiger charge is -2.16. The van der Waals surface area contributed by atoms with Gasteiger partial charge in [0.1, 0.15) is 0 Å². The van der Waals surface area contributed by atoms with E-state index in [4.69, 9.17) is 4.74 Å². The Hall–Kier alpha value is -1.39.